The highest BCUT2D eigenvalue weighted by atomic mass is 15.1. The second kappa shape index (κ2) is 8.03. The Morgan fingerprint density at radius 1 is 1.04 bits per heavy atom. The van der Waals surface area contributed by atoms with E-state index in [2.05, 4.69) is 73.3 Å². The average Bonchev–Trinajstić information content (AvgIpc) is 2.69. The molecule has 0 radical (unpaired) electrons. The maximum absolute atomic E-state index is 9.83. The van der Waals surface area contributed by atoms with E-state index in [-0.39, 0.29) is 5.41 Å². The zero-order chi connectivity index (χ0) is 18.6. The molecule has 0 unspecified atom stereocenters. The number of nitriles is 1. The summed E-state index contributed by atoms with van der Waals surface area (Å²) in [6.07, 6.45) is 1.81. The van der Waals surface area contributed by atoms with Gasteiger partial charge in [0.25, 0.3) is 0 Å². The minimum absolute atomic E-state index is 0.317. The van der Waals surface area contributed by atoms with E-state index in [1.54, 1.807) is 0 Å². The van der Waals surface area contributed by atoms with Crippen LogP contribution < -0.4 is 0 Å². The van der Waals surface area contributed by atoms with E-state index in [0.717, 1.165) is 32.5 Å². The summed E-state index contributed by atoms with van der Waals surface area (Å²) in [5.74, 6) is 0. The summed E-state index contributed by atoms with van der Waals surface area (Å²) in [6.45, 7) is 5.13. The van der Waals surface area contributed by atoms with Crippen molar-refractivity contribution in [3.63, 3.8) is 0 Å². The molecule has 1 heterocycles. The molecular formula is C23H29N3. The molecule has 2 aromatic carbocycles. The van der Waals surface area contributed by atoms with E-state index in [1.165, 1.54) is 16.7 Å². The zero-order valence-corrected chi connectivity index (χ0v) is 16.2. The van der Waals surface area contributed by atoms with Gasteiger partial charge in [-0.25, -0.2) is 0 Å². The van der Waals surface area contributed by atoms with Crippen molar-refractivity contribution in [3.8, 4) is 6.07 Å². The fourth-order valence-corrected chi connectivity index (χ4v) is 3.77. The summed E-state index contributed by atoms with van der Waals surface area (Å²) in [7, 11) is 4.22. The summed E-state index contributed by atoms with van der Waals surface area (Å²) in [6, 6.07) is 22.3. The third-order valence-corrected chi connectivity index (χ3v) is 5.89. The van der Waals surface area contributed by atoms with E-state index in [4.69, 9.17) is 0 Å². The topological polar surface area (TPSA) is 30.3 Å². The molecule has 3 rings (SSSR count). The van der Waals surface area contributed by atoms with Crippen LogP contribution in [-0.4, -0.2) is 37.0 Å². The van der Waals surface area contributed by atoms with Gasteiger partial charge in [0.15, 0.2) is 0 Å². The van der Waals surface area contributed by atoms with Crippen LogP contribution in [0, 0.1) is 11.3 Å². The van der Waals surface area contributed by atoms with Crippen LogP contribution in [0.1, 0.15) is 42.5 Å². The molecule has 0 aliphatic carbocycles. The molecular weight excluding hydrogens is 318 g/mol. The minimum Gasteiger partial charge on any atom is -0.303 e. The third kappa shape index (κ3) is 3.98. The first-order valence-electron chi connectivity index (χ1n) is 9.48. The molecule has 0 amide bonds. The van der Waals surface area contributed by atoms with E-state index < -0.39 is 0 Å². The predicted octanol–water partition coefficient (Wildman–Crippen LogP) is 4.37. The van der Waals surface area contributed by atoms with Crippen LogP contribution in [0.25, 0.3) is 0 Å². The van der Waals surface area contributed by atoms with Crippen LogP contribution in [0.15, 0.2) is 54.6 Å². The molecule has 0 spiro atoms. The maximum atomic E-state index is 9.83. The van der Waals surface area contributed by atoms with Gasteiger partial charge in [-0.2, -0.15) is 5.26 Å². The van der Waals surface area contributed by atoms with Gasteiger partial charge in [-0.15, -0.1) is 0 Å². The molecule has 0 saturated carbocycles. The monoisotopic (exact) mass is 347 g/mol. The first-order valence-corrected chi connectivity index (χ1v) is 9.48. The van der Waals surface area contributed by atoms with Crippen molar-refractivity contribution in [2.24, 2.45) is 0 Å². The number of hydrogen-bond acceptors (Lipinski definition) is 3. The molecule has 0 N–H and O–H groups in total. The molecule has 1 atom stereocenters. The first-order chi connectivity index (χ1) is 12.5. The molecule has 26 heavy (non-hydrogen) atoms. The Hall–Kier alpha value is -2.15. The first kappa shape index (κ1) is 18.6. The molecule has 1 fully saturated rings. The molecule has 136 valence electrons. The van der Waals surface area contributed by atoms with Gasteiger partial charge in [0, 0.05) is 25.7 Å². The summed E-state index contributed by atoms with van der Waals surface area (Å²) in [4.78, 5) is 4.70. The van der Waals surface area contributed by atoms with Crippen LogP contribution >= 0.6 is 0 Å². The highest BCUT2D eigenvalue weighted by Crippen LogP contribution is 2.35. The summed E-state index contributed by atoms with van der Waals surface area (Å²) >= 11 is 0. The van der Waals surface area contributed by atoms with Gasteiger partial charge in [0.05, 0.1) is 11.5 Å². The third-order valence-electron chi connectivity index (χ3n) is 5.89. The molecule has 1 saturated heterocycles. The molecule has 1 aliphatic heterocycles. The van der Waals surface area contributed by atoms with Gasteiger partial charge in [0.1, 0.15) is 0 Å². The number of hydrogen-bond donors (Lipinski definition) is 0. The van der Waals surface area contributed by atoms with Crippen molar-refractivity contribution in [1.29, 1.82) is 5.26 Å². The lowest BCUT2D eigenvalue weighted by Gasteiger charge is -2.37. The fourth-order valence-electron chi connectivity index (χ4n) is 3.77. The standard InChI is InChI=1S/C23H29N3/c1-19(25(2)3)21-11-9-20(10-12-21)17-26-15-13-23(18-24,14-16-26)22-7-5-4-6-8-22/h4-12,19H,13-17H2,1-3H3/t19-/m1/s1. The van der Waals surface area contributed by atoms with Gasteiger partial charge in [-0.1, -0.05) is 54.6 Å². The van der Waals surface area contributed by atoms with E-state index >= 15 is 0 Å². The van der Waals surface area contributed by atoms with Crippen molar-refractivity contribution in [2.45, 2.75) is 37.8 Å². The van der Waals surface area contributed by atoms with E-state index in [1.807, 2.05) is 18.2 Å². The van der Waals surface area contributed by atoms with Crippen LogP contribution in [-0.2, 0) is 12.0 Å². The number of benzene rings is 2. The normalized spacial score (nSPS) is 18.4. The van der Waals surface area contributed by atoms with Crippen molar-refractivity contribution in [2.75, 3.05) is 27.2 Å². The Morgan fingerprint density at radius 2 is 1.65 bits per heavy atom. The second-order valence-electron chi connectivity index (χ2n) is 7.72. The average molecular weight is 348 g/mol. The van der Waals surface area contributed by atoms with E-state index in [9.17, 15) is 5.26 Å². The predicted molar refractivity (Wildman–Crippen MR) is 107 cm³/mol. The Morgan fingerprint density at radius 3 is 2.19 bits per heavy atom. The molecule has 3 heteroatoms. The van der Waals surface area contributed by atoms with Crippen LogP contribution in [0.4, 0.5) is 0 Å². The fraction of sp³-hybridized carbons (Fsp3) is 0.435. The lowest BCUT2D eigenvalue weighted by Crippen LogP contribution is -2.41. The number of likely N-dealkylation sites (tertiary alicyclic amines) is 1. The molecule has 1 aliphatic rings. The molecule has 2 aromatic rings. The van der Waals surface area contributed by atoms with Crippen molar-refractivity contribution < 1.29 is 0 Å². The van der Waals surface area contributed by atoms with Crippen molar-refractivity contribution >= 4 is 0 Å². The van der Waals surface area contributed by atoms with Crippen LogP contribution in [0.3, 0.4) is 0 Å². The van der Waals surface area contributed by atoms with Gasteiger partial charge < -0.3 is 4.90 Å². The second-order valence-corrected chi connectivity index (χ2v) is 7.72. The van der Waals surface area contributed by atoms with Gasteiger partial charge in [0.2, 0.25) is 0 Å². The number of rotatable bonds is 5. The van der Waals surface area contributed by atoms with Crippen molar-refractivity contribution in [1.82, 2.24) is 9.80 Å². The Bertz CT molecular complexity index is 735. The van der Waals surface area contributed by atoms with Gasteiger partial charge in [-0.05, 0) is 50.6 Å². The smallest absolute Gasteiger partial charge is 0.0846 e. The van der Waals surface area contributed by atoms with Gasteiger partial charge in [-0.3, -0.25) is 4.90 Å². The molecule has 0 aromatic heterocycles. The largest absolute Gasteiger partial charge is 0.303 e. The van der Waals surface area contributed by atoms with E-state index in [0.29, 0.717) is 6.04 Å². The number of nitrogens with zero attached hydrogens (tertiary/aromatic N) is 3. The summed E-state index contributed by atoms with van der Waals surface area (Å²) in [5.41, 5.74) is 3.56. The lowest BCUT2D eigenvalue weighted by molar-refractivity contribution is 0.179. The lowest BCUT2D eigenvalue weighted by atomic mass is 9.74. The van der Waals surface area contributed by atoms with Gasteiger partial charge >= 0.3 is 0 Å². The highest BCUT2D eigenvalue weighted by Gasteiger charge is 2.36. The highest BCUT2D eigenvalue weighted by molar-refractivity contribution is 5.33. The van der Waals surface area contributed by atoms with Crippen molar-refractivity contribution in [3.05, 3.63) is 71.3 Å². The zero-order valence-electron chi connectivity index (χ0n) is 16.2. The molecule has 0 bridgehead atoms. The maximum Gasteiger partial charge on any atom is 0.0846 e. The van der Waals surface area contributed by atoms with Crippen LogP contribution in [0.5, 0.6) is 0 Å². The Labute approximate surface area is 157 Å². The van der Waals surface area contributed by atoms with Crippen LogP contribution in [0.2, 0.25) is 0 Å². The summed E-state index contributed by atoms with van der Waals surface area (Å²) < 4.78 is 0. The summed E-state index contributed by atoms with van der Waals surface area (Å²) in [5, 5.41) is 9.83. The Kier molecular flexibility index (Phi) is 5.76. The number of piperidine rings is 1. The SMILES string of the molecule is C[C@H](c1ccc(CN2CCC(C#N)(c3ccccc3)CC2)cc1)N(C)C. The minimum atomic E-state index is -0.317. The Balaban J connectivity index is 1.61. The molecule has 3 nitrogen and oxygen atoms in total. The quantitative estimate of drug-likeness (QED) is 0.805.